The number of likely N-dealkylation sites (N-methyl/N-ethyl adjacent to an activating group) is 1. The lowest BCUT2D eigenvalue weighted by molar-refractivity contribution is -0.150. The van der Waals surface area contributed by atoms with Gasteiger partial charge in [0.05, 0.1) is 19.0 Å². The molecule has 2 saturated carbocycles. The third-order valence-electron chi connectivity index (χ3n) is 10.9. The Labute approximate surface area is 295 Å². The van der Waals surface area contributed by atoms with Crippen molar-refractivity contribution in [2.75, 3.05) is 48.9 Å². The normalized spacial score (nSPS) is 21.3. The van der Waals surface area contributed by atoms with Crippen LogP contribution in [0.25, 0.3) is 0 Å². The molecule has 3 fully saturated rings. The summed E-state index contributed by atoms with van der Waals surface area (Å²) in [4.78, 5) is 54.6. The van der Waals surface area contributed by atoms with E-state index in [0.29, 0.717) is 41.5 Å². The van der Waals surface area contributed by atoms with Crippen molar-refractivity contribution in [2.45, 2.75) is 121 Å². The Morgan fingerprint density at radius 2 is 1.78 bits per heavy atom. The van der Waals surface area contributed by atoms with Gasteiger partial charge in [-0.1, -0.05) is 19.8 Å². The molecular weight excluding hydrogens is 636 g/mol. The Kier molecular flexibility index (Phi) is 11.7. The topological polar surface area (TPSA) is 155 Å². The number of fused-ring (bicyclic) bond motifs is 1. The van der Waals surface area contributed by atoms with Gasteiger partial charge in [-0.05, 0) is 95.4 Å². The van der Waals surface area contributed by atoms with E-state index in [2.05, 4.69) is 25.4 Å². The second-order valence-corrected chi connectivity index (χ2v) is 14.3. The van der Waals surface area contributed by atoms with Crippen LogP contribution in [0, 0.1) is 0 Å². The van der Waals surface area contributed by atoms with Gasteiger partial charge in [0.2, 0.25) is 11.9 Å². The second-order valence-electron chi connectivity index (χ2n) is 14.3. The smallest absolute Gasteiger partial charge is 0.323 e. The summed E-state index contributed by atoms with van der Waals surface area (Å²) in [5, 5.41) is 6.49. The number of likely N-dealkylation sites (tertiary alicyclic amines) is 1. The Balaban J connectivity index is 1.01. The lowest BCUT2D eigenvalue weighted by atomic mass is 10.0. The number of amides is 2. The van der Waals surface area contributed by atoms with E-state index in [1.54, 1.807) is 37.4 Å². The molecule has 272 valence electrons. The number of piperidine rings is 1. The average Bonchev–Trinajstić information content (AvgIpc) is 3.86. The zero-order valence-electron chi connectivity index (χ0n) is 29.9. The fourth-order valence-electron chi connectivity index (χ4n) is 7.98. The largest absolute Gasteiger partial charge is 0.495 e. The number of hydrogen-bond donors (Lipinski definition) is 3. The number of nitrogens with two attached hydrogens (primary N) is 1. The van der Waals surface area contributed by atoms with Crippen LogP contribution < -0.4 is 30.9 Å². The molecule has 4 N–H and O–H groups in total. The van der Waals surface area contributed by atoms with E-state index < -0.39 is 6.04 Å². The van der Waals surface area contributed by atoms with Crippen LogP contribution in [0.4, 0.5) is 23.1 Å². The predicted octanol–water partition coefficient (Wildman–Crippen LogP) is 4.52. The van der Waals surface area contributed by atoms with Crippen LogP contribution >= 0.6 is 0 Å². The van der Waals surface area contributed by atoms with Gasteiger partial charge in [0, 0.05) is 37.8 Å². The van der Waals surface area contributed by atoms with E-state index in [1.807, 2.05) is 13.0 Å². The molecule has 1 saturated heterocycles. The molecular formula is C37H54N8O5. The van der Waals surface area contributed by atoms with Crippen molar-refractivity contribution in [1.29, 1.82) is 0 Å². The number of carbonyl (C=O) groups excluding carboxylic acids is 3. The molecule has 2 amide bonds. The van der Waals surface area contributed by atoms with Gasteiger partial charge in [-0.2, -0.15) is 4.98 Å². The van der Waals surface area contributed by atoms with Crippen molar-refractivity contribution in [1.82, 2.24) is 20.2 Å². The quantitative estimate of drug-likeness (QED) is 0.254. The maximum atomic E-state index is 13.3. The zero-order chi connectivity index (χ0) is 35.2. The van der Waals surface area contributed by atoms with E-state index in [4.69, 9.17) is 20.2 Å². The van der Waals surface area contributed by atoms with E-state index in [-0.39, 0.29) is 42.0 Å². The fraction of sp³-hybridized carbons (Fsp3) is 0.649. The van der Waals surface area contributed by atoms with Crippen molar-refractivity contribution in [3.63, 3.8) is 0 Å². The molecule has 0 unspecified atom stereocenters. The fourth-order valence-corrected chi connectivity index (χ4v) is 7.98. The van der Waals surface area contributed by atoms with Gasteiger partial charge in [-0.15, -0.1) is 0 Å². The molecule has 1 aromatic carbocycles. The molecule has 2 aliphatic carbocycles. The summed E-state index contributed by atoms with van der Waals surface area (Å²) in [6.45, 7) is 4.67. The number of aromatic nitrogens is 2. The highest BCUT2D eigenvalue weighted by Crippen LogP contribution is 2.40. The lowest BCUT2D eigenvalue weighted by Crippen LogP contribution is -2.55. The van der Waals surface area contributed by atoms with Crippen LogP contribution in [0.3, 0.4) is 0 Å². The van der Waals surface area contributed by atoms with Gasteiger partial charge in [0.25, 0.3) is 5.91 Å². The highest BCUT2D eigenvalue weighted by atomic mass is 16.5. The maximum Gasteiger partial charge on any atom is 0.323 e. The standard InChI is InChI=1S/C37H54N8O5/c1-4-30-35(47)43(2)31-23-39-37(42-33(31)45(30)26-10-5-6-11-26)41-29-16-15-24(22-32(29)49-3)34(46)40-25-17-20-44(21-18-25)19-9-14-28(38)36(48)50-27-12-7-8-13-27/h15-16,22-23,25-28,30H,4-14,17-21,38H2,1-3H3,(H,40,46)(H,39,41,42)/t28-,30-/m1/s1. The third-order valence-corrected chi connectivity index (χ3v) is 10.9. The number of carbonyl (C=O) groups is 3. The number of anilines is 4. The number of hydrogen-bond acceptors (Lipinski definition) is 11. The molecule has 50 heavy (non-hydrogen) atoms. The summed E-state index contributed by atoms with van der Waals surface area (Å²) in [5.74, 6) is 1.34. The Hall–Kier alpha value is -3.97. The number of benzene rings is 1. The summed E-state index contributed by atoms with van der Waals surface area (Å²) in [6, 6.07) is 4.86. The molecule has 2 aromatic rings. The highest BCUT2D eigenvalue weighted by molar-refractivity contribution is 6.04. The maximum absolute atomic E-state index is 13.3. The molecule has 4 aliphatic rings. The van der Waals surface area contributed by atoms with E-state index in [9.17, 15) is 14.4 Å². The van der Waals surface area contributed by atoms with Crippen LogP contribution in [-0.4, -0.2) is 96.7 Å². The van der Waals surface area contributed by atoms with Gasteiger partial charge in [-0.3, -0.25) is 14.4 Å². The number of nitrogens with zero attached hydrogens (tertiary/aromatic N) is 5. The molecule has 0 radical (unpaired) electrons. The molecule has 0 spiro atoms. The first-order valence-electron chi connectivity index (χ1n) is 18.6. The van der Waals surface area contributed by atoms with E-state index in [1.165, 1.54) is 0 Å². The Morgan fingerprint density at radius 1 is 1.06 bits per heavy atom. The number of methoxy groups -OCH3 is 1. The van der Waals surface area contributed by atoms with Crippen LogP contribution in [-0.2, 0) is 14.3 Å². The molecule has 0 bridgehead atoms. The SMILES string of the molecule is CC[C@@H]1C(=O)N(C)c2cnc(Nc3ccc(C(=O)NC4CCN(CCC[C@@H](N)C(=O)OC5CCCC5)CC4)cc3OC)nc2N1C1CCCC1. The van der Waals surface area contributed by atoms with Crippen molar-refractivity contribution in [3.8, 4) is 5.75 Å². The lowest BCUT2D eigenvalue weighted by Gasteiger charge is -2.43. The van der Waals surface area contributed by atoms with Crippen LogP contribution in [0.2, 0.25) is 0 Å². The van der Waals surface area contributed by atoms with Crippen molar-refractivity contribution >= 4 is 40.9 Å². The van der Waals surface area contributed by atoms with Crippen LogP contribution in [0.1, 0.15) is 101 Å². The monoisotopic (exact) mass is 690 g/mol. The van der Waals surface area contributed by atoms with Crippen LogP contribution in [0.5, 0.6) is 5.75 Å². The summed E-state index contributed by atoms with van der Waals surface area (Å²) < 4.78 is 11.2. The molecule has 2 atom stereocenters. The number of rotatable bonds is 13. The van der Waals surface area contributed by atoms with Crippen molar-refractivity contribution < 1.29 is 23.9 Å². The minimum absolute atomic E-state index is 0.0479. The van der Waals surface area contributed by atoms with Gasteiger partial charge in [-0.25, -0.2) is 4.98 Å². The average molecular weight is 691 g/mol. The first kappa shape index (κ1) is 35.8. The Bertz CT molecular complexity index is 1500. The summed E-state index contributed by atoms with van der Waals surface area (Å²) >= 11 is 0. The number of ether oxygens (including phenoxy) is 2. The van der Waals surface area contributed by atoms with Gasteiger partial charge in [0.15, 0.2) is 5.82 Å². The molecule has 13 nitrogen and oxygen atoms in total. The number of esters is 1. The molecule has 13 heteroatoms. The minimum Gasteiger partial charge on any atom is -0.495 e. The second kappa shape index (κ2) is 16.4. The van der Waals surface area contributed by atoms with Gasteiger partial charge < -0.3 is 40.5 Å². The molecule has 2 aliphatic heterocycles. The van der Waals surface area contributed by atoms with E-state index in [0.717, 1.165) is 96.1 Å². The number of nitrogens with one attached hydrogen (secondary N) is 2. The van der Waals surface area contributed by atoms with Crippen molar-refractivity contribution in [2.24, 2.45) is 5.73 Å². The van der Waals surface area contributed by atoms with Gasteiger partial charge in [0.1, 0.15) is 29.6 Å². The predicted molar refractivity (Wildman–Crippen MR) is 193 cm³/mol. The molecule has 3 heterocycles. The van der Waals surface area contributed by atoms with E-state index >= 15 is 0 Å². The van der Waals surface area contributed by atoms with Crippen molar-refractivity contribution in [3.05, 3.63) is 30.0 Å². The highest BCUT2D eigenvalue weighted by Gasteiger charge is 2.41. The molecule has 6 rings (SSSR count). The third kappa shape index (κ3) is 8.15. The minimum atomic E-state index is -0.564. The first-order chi connectivity index (χ1) is 24.2. The van der Waals surface area contributed by atoms with Crippen LogP contribution in [0.15, 0.2) is 24.4 Å². The summed E-state index contributed by atoms with van der Waals surface area (Å²) in [7, 11) is 3.37. The first-order valence-corrected chi connectivity index (χ1v) is 18.6. The summed E-state index contributed by atoms with van der Waals surface area (Å²) in [5.41, 5.74) is 7.97. The molecule has 1 aromatic heterocycles. The zero-order valence-corrected chi connectivity index (χ0v) is 29.9. The Morgan fingerprint density at radius 3 is 2.48 bits per heavy atom. The summed E-state index contributed by atoms with van der Waals surface area (Å²) in [6.07, 6.45) is 14.2. The van der Waals surface area contributed by atoms with Gasteiger partial charge >= 0.3 is 5.97 Å².